The Morgan fingerprint density at radius 2 is 2.03 bits per heavy atom. The van der Waals surface area contributed by atoms with Crippen LogP contribution in [0.5, 0.6) is 5.88 Å². The van der Waals surface area contributed by atoms with Gasteiger partial charge in [-0.25, -0.2) is 4.98 Å². The summed E-state index contributed by atoms with van der Waals surface area (Å²) in [6, 6.07) is 9.80. The second kappa shape index (κ2) is 8.32. The van der Waals surface area contributed by atoms with E-state index >= 15 is 0 Å². The second-order valence-electron chi connectivity index (χ2n) is 8.52. The molecule has 0 spiro atoms. The lowest BCUT2D eigenvalue weighted by molar-refractivity contribution is 0.0716. The van der Waals surface area contributed by atoms with E-state index in [0.717, 1.165) is 39.0 Å². The van der Waals surface area contributed by atoms with Crippen molar-refractivity contribution in [3.8, 4) is 17.5 Å². The molecule has 33 heavy (non-hydrogen) atoms. The quantitative estimate of drug-likeness (QED) is 0.484. The molecular weight excluding hydrogens is 422 g/mol. The van der Waals surface area contributed by atoms with Crippen molar-refractivity contribution < 1.29 is 9.15 Å². The summed E-state index contributed by atoms with van der Waals surface area (Å²) < 4.78 is 12.7. The Labute approximate surface area is 190 Å². The van der Waals surface area contributed by atoms with Crippen LogP contribution in [0.2, 0.25) is 0 Å². The predicted octanol–water partition coefficient (Wildman–Crippen LogP) is 1.74. The standard InChI is InChI=1S/C22H25N9O2/c23-20-26-21(27-22-25-19(28-31(20)22)17-4-3-11-32-17)30-10-9-29-12-15(6-7-16(29)13-30)14-33-18-5-1-2-8-24-18/h1-5,8,11,15-16H,6-7,9-10,12-14H2,(H2,23,25,26,27,28). The first-order valence-corrected chi connectivity index (χ1v) is 11.2. The Hall–Kier alpha value is -3.73. The third kappa shape index (κ3) is 3.95. The molecule has 2 unspecified atom stereocenters. The Kier molecular flexibility index (Phi) is 5.02. The first kappa shape index (κ1) is 19.9. The van der Waals surface area contributed by atoms with E-state index in [9.17, 15) is 0 Å². The van der Waals surface area contributed by atoms with Gasteiger partial charge >= 0.3 is 0 Å². The SMILES string of the molecule is Nc1nc(N2CCN3CC(COc4ccccn4)CCC3C2)nc2nc(-c3ccco3)nn12. The molecule has 6 rings (SSSR count). The van der Waals surface area contributed by atoms with Gasteiger partial charge in [0.25, 0.3) is 5.78 Å². The first-order chi connectivity index (χ1) is 16.2. The average molecular weight is 448 g/mol. The molecule has 4 aromatic rings. The molecular formula is C22H25N9O2. The molecule has 0 aromatic carbocycles. The minimum absolute atomic E-state index is 0.262. The zero-order valence-electron chi connectivity index (χ0n) is 18.1. The van der Waals surface area contributed by atoms with Crippen molar-refractivity contribution in [3.05, 3.63) is 42.8 Å². The maximum Gasteiger partial charge on any atom is 0.259 e. The van der Waals surface area contributed by atoms with Crippen LogP contribution in [0, 0.1) is 5.92 Å². The largest absolute Gasteiger partial charge is 0.477 e. The van der Waals surface area contributed by atoms with Crippen LogP contribution in [-0.4, -0.2) is 73.3 Å². The molecule has 170 valence electrons. The lowest BCUT2D eigenvalue weighted by Gasteiger charge is -2.46. The predicted molar refractivity (Wildman–Crippen MR) is 121 cm³/mol. The zero-order valence-corrected chi connectivity index (χ0v) is 18.1. The number of fused-ring (bicyclic) bond motifs is 2. The number of anilines is 2. The molecule has 2 aliphatic heterocycles. The summed E-state index contributed by atoms with van der Waals surface area (Å²) in [6.45, 7) is 4.38. The van der Waals surface area contributed by atoms with Crippen LogP contribution >= 0.6 is 0 Å². The summed E-state index contributed by atoms with van der Waals surface area (Å²) in [6.07, 6.45) is 5.58. The van der Waals surface area contributed by atoms with Gasteiger partial charge < -0.3 is 19.8 Å². The maximum absolute atomic E-state index is 6.18. The van der Waals surface area contributed by atoms with Crippen LogP contribution in [0.25, 0.3) is 17.4 Å². The Morgan fingerprint density at radius 3 is 2.88 bits per heavy atom. The number of aromatic nitrogens is 6. The van der Waals surface area contributed by atoms with Crippen molar-refractivity contribution in [3.63, 3.8) is 0 Å². The molecule has 11 heteroatoms. The van der Waals surface area contributed by atoms with Gasteiger partial charge in [-0.3, -0.25) is 4.90 Å². The normalized spacial score (nSPS) is 21.3. The van der Waals surface area contributed by atoms with E-state index in [2.05, 4.69) is 34.8 Å². The fourth-order valence-electron chi connectivity index (χ4n) is 4.66. The van der Waals surface area contributed by atoms with Crippen LogP contribution in [0.4, 0.5) is 11.9 Å². The number of nitrogens with zero attached hydrogens (tertiary/aromatic N) is 8. The van der Waals surface area contributed by atoms with Gasteiger partial charge in [0.2, 0.25) is 23.6 Å². The number of furan rings is 1. The molecule has 0 saturated carbocycles. The highest BCUT2D eigenvalue weighted by Crippen LogP contribution is 2.27. The van der Waals surface area contributed by atoms with Gasteiger partial charge in [0.15, 0.2) is 5.76 Å². The number of hydrogen-bond acceptors (Lipinski definition) is 10. The Bertz CT molecular complexity index is 1230. The molecule has 0 aliphatic carbocycles. The number of piperazine rings is 1. The van der Waals surface area contributed by atoms with E-state index in [1.54, 1.807) is 24.6 Å². The molecule has 2 atom stereocenters. The van der Waals surface area contributed by atoms with Gasteiger partial charge in [-0.1, -0.05) is 6.07 Å². The van der Waals surface area contributed by atoms with Gasteiger partial charge in [0.1, 0.15) is 0 Å². The number of pyridine rings is 1. The van der Waals surface area contributed by atoms with E-state index in [-0.39, 0.29) is 5.95 Å². The third-order valence-corrected chi connectivity index (χ3v) is 6.36. The van der Waals surface area contributed by atoms with Crippen molar-refractivity contribution in [2.75, 3.05) is 43.4 Å². The monoisotopic (exact) mass is 447 g/mol. The molecule has 2 aliphatic rings. The number of ether oxygens (including phenoxy) is 1. The topological polar surface area (TPSA) is 124 Å². The van der Waals surface area contributed by atoms with E-state index < -0.39 is 0 Å². The molecule has 0 bridgehead atoms. The number of piperidine rings is 1. The van der Waals surface area contributed by atoms with Gasteiger partial charge in [0.05, 0.1) is 12.9 Å². The maximum atomic E-state index is 6.18. The van der Waals surface area contributed by atoms with Crippen LogP contribution in [0.3, 0.4) is 0 Å². The van der Waals surface area contributed by atoms with Gasteiger partial charge in [0, 0.05) is 50.4 Å². The van der Waals surface area contributed by atoms with Crippen LogP contribution in [0.15, 0.2) is 47.2 Å². The number of nitrogen functional groups attached to an aromatic ring is 1. The van der Waals surface area contributed by atoms with Crippen molar-refractivity contribution >= 4 is 17.7 Å². The Balaban J connectivity index is 1.12. The van der Waals surface area contributed by atoms with E-state index in [4.69, 9.17) is 14.9 Å². The highest BCUT2D eigenvalue weighted by molar-refractivity contribution is 5.53. The lowest BCUT2D eigenvalue weighted by atomic mass is 9.91. The van der Waals surface area contributed by atoms with Gasteiger partial charge in [-0.15, -0.1) is 5.10 Å². The number of nitrogens with two attached hydrogens (primary N) is 1. The van der Waals surface area contributed by atoms with E-state index in [1.807, 2.05) is 18.2 Å². The third-order valence-electron chi connectivity index (χ3n) is 6.36. The molecule has 2 N–H and O–H groups in total. The van der Waals surface area contributed by atoms with Crippen molar-refractivity contribution in [1.29, 1.82) is 0 Å². The second-order valence-corrected chi connectivity index (χ2v) is 8.52. The van der Waals surface area contributed by atoms with Gasteiger partial charge in [-0.05, 0) is 31.0 Å². The summed E-state index contributed by atoms with van der Waals surface area (Å²) >= 11 is 0. The molecule has 11 nitrogen and oxygen atoms in total. The van der Waals surface area contributed by atoms with Crippen LogP contribution < -0.4 is 15.4 Å². The van der Waals surface area contributed by atoms with Crippen molar-refractivity contribution in [1.82, 2.24) is 34.4 Å². The van der Waals surface area contributed by atoms with E-state index in [1.165, 1.54) is 4.52 Å². The number of hydrogen-bond donors (Lipinski definition) is 1. The molecule has 0 radical (unpaired) electrons. The highest BCUT2D eigenvalue weighted by atomic mass is 16.5. The molecule has 2 saturated heterocycles. The van der Waals surface area contributed by atoms with E-state index in [0.29, 0.717) is 47.8 Å². The summed E-state index contributed by atoms with van der Waals surface area (Å²) in [5, 5.41) is 4.37. The van der Waals surface area contributed by atoms with Crippen LogP contribution in [0.1, 0.15) is 12.8 Å². The minimum atomic E-state index is 0.262. The summed E-state index contributed by atoms with van der Waals surface area (Å²) in [4.78, 5) is 22.6. The van der Waals surface area contributed by atoms with Crippen molar-refractivity contribution in [2.24, 2.45) is 5.92 Å². The lowest BCUT2D eigenvalue weighted by Crippen LogP contribution is -2.57. The molecule has 6 heterocycles. The average Bonchev–Trinajstić information content (AvgIpc) is 3.53. The Morgan fingerprint density at radius 1 is 1.06 bits per heavy atom. The molecule has 4 aromatic heterocycles. The minimum Gasteiger partial charge on any atom is -0.477 e. The fourth-order valence-corrected chi connectivity index (χ4v) is 4.66. The smallest absolute Gasteiger partial charge is 0.259 e. The summed E-state index contributed by atoms with van der Waals surface area (Å²) in [7, 11) is 0. The highest BCUT2D eigenvalue weighted by Gasteiger charge is 2.34. The fraction of sp³-hybridized carbons (Fsp3) is 0.409. The molecule has 2 fully saturated rings. The first-order valence-electron chi connectivity index (χ1n) is 11.2. The summed E-state index contributed by atoms with van der Waals surface area (Å²) in [5.41, 5.74) is 6.18. The number of rotatable bonds is 5. The summed E-state index contributed by atoms with van der Waals surface area (Å²) in [5.74, 6) is 3.49. The molecule has 0 amide bonds. The van der Waals surface area contributed by atoms with Gasteiger partial charge in [-0.2, -0.15) is 19.5 Å². The van der Waals surface area contributed by atoms with Crippen LogP contribution in [-0.2, 0) is 0 Å². The zero-order chi connectivity index (χ0) is 22.2. The van der Waals surface area contributed by atoms with Crippen molar-refractivity contribution in [2.45, 2.75) is 18.9 Å².